The van der Waals surface area contributed by atoms with E-state index in [1.54, 1.807) is 7.11 Å². The molecule has 8 nitrogen and oxygen atoms in total. The van der Waals surface area contributed by atoms with Gasteiger partial charge in [0.2, 0.25) is 10.0 Å². The van der Waals surface area contributed by atoms with Crippen LogP contribution in [0, 0.1) is 0 Å². The third-order valence-electron chi connectivity index (χ3n) is 2.64. The molecular weight excluding hydrogens is 346 g/mol. The van der Waals surface area contributed by atoms with Gasteiger partial charge < -0.3 is 20.5 Å². The number of amides is 1. The third kappa shape index (κ3) is 7.14. The van der Waals surface area contributed by atoms with Gasteiger partial charge in [0.1, 0.15) is 10.6 Å². The molecule has 0 aromatic heterocycles. The van der Waals surface area contributed by atoms with Crippen molar-refractivity contribution in [3.05, 3.63) is 23.2 Å². The van der Waals surface area contributed by atoms with Gasteiger partial charge in [-0.25, -0.2) is 13.1 Å². The van der Waals surface area contributed by atoms with E-state index in [1.165, 1.54) is 18.2 Å². The standard InChI is InChI=1S/C13H20ClN3O5S/c1-21-7-6-16-4-5-17-23(19,20)12-8-10(14)2-3-11(12)22-9-13(15)18/h2-3,8,16-17H,4-7,9H2,1H3,(H2,15,18). The predicted octanol–water partition coefficient (Wildman–Crippen LogP) is -0.282. The molecule has 0 spiro atoms. The number of hydrogen-bond acceptors (Lipinski definition) is 6. The lowest BCUT2D eigenvalue weighted by molar-refractivity contribution is -0.120. The number of hydrogen-bond donors (Lipinski definition) is 3. The maximum atomic E-state index is 12.3. The lowest BCUT2D eigenvalue weighted by Crippen LogP contribution is -2.33. The van der Waals surface area contributed by atoms with Crippen molar-refractivity contribution < 1.29 is 22.7 Å². The number of nitrogens with two attached hydrogens (primary N) is 1. The Kier molecular flexibility index (Phi) is 8.28. The highest BCUT2D eigenvalue weighted by Crippen LogP contribution is 2.27. The summed E-state index contributed by atoms with van der Waals surface area (Å²) in [6.45, 7) is 1.33. The fourth-order valence-electron chi connectivity index (χ4n) is 1.61. The van der Waals surface area contributed by atoms with Crippen LogP contribution in [0.5, 0.6) is 5.75 Å². The average molecular weight is 366 g/mol. The van der Waals surface area contributed by atoms with Crippen molar-refractivity contribution in [2.75, 3.05) is 40.0 Å². The molecule has 0 aliphatic heterocycles. The Balaban J connectivity index is 2.73. The van der Waals surface area contributed by atoms with E-state index in [-0.39, 0.29) is 22.2 Å². The Morgan fingerprint density at radius 3 is 2.70 bits per heavy atom. The van der Waals surface area contributed by atoms with Gasteiger partial charge in [-0.05, 0) is 18.2 Å². The Labute approximate surface area is 140 Å². The molecule has 0 unspecified atom stereocenters. The number of sulfonamides is 1. The molecule has 0 heterocycles. The molecule has 4 N–H and O–H groups in total. The smallest absolute Gasteiger partial charge is 0.255 e. The first-order valence-electron chi connectivity index (χ1n) is 6.77. The molecule has 0 bridgehead atoms. The molecule has 0 saturated heterocycles. The number of nitrogens with one attached hydrogen (secondary N) is 2. The van der Waals surface area contributed by atoms with Gasteiger partial charge in [-0.3, -0.25) is 4.79 Å². The molecule has 0 saturated carbocycles. The van der Waals surface area contributed by atoms with E-state index in [1.807, 2.05) is 0 Å². The van der Waals surface area contributed by atoms with Crippen LogP contribution in [0.15, 0.2) is 23.1 Å². The molecule has 10 heteroatoms. The predicted molar refractivity (Wildman–Crippen MR) is 86.1 cm³/mol. The molecule has 1 aromatic rings. The van der Waals surface area contributed by atoms with Crippen LogP contribution in [-0.4, -0.2) is 54.3 Å². The molecular formula is C13H20ClN3O5S. The number of benzene rings is 1. The summed E-state index contributed by atoms with van der Waals surface area (Å²) in [6.07, 6.45) is 0. The van der Waals surface area contributed by atoms with Gasteiger partial charge in [0.05, 0.1) is 6.61 Å². The summed E-state index contributed by atoms with van der Waals surface area (Å²) in [5, 5.41) is 3.24. The fraction of sp³-hybridized carbons (Fsp3) is 0.462. The summed E-state index contributed by atoms with van der Waals surface area (Å²) in [5.74, 6) is -0.702. The van der Waals surface area contributed by atoms with Crippen LogP contribution in [-0.2, 0) is 19.6 Å². The van der Waals surface area contributed by atoms with Crippen LogP contribution in [0.2, 0.25) is 5.02 Å². The Morgan fingerprint density at radius 2 is 2.04 bits per heavy atom. The van der Waals surface area contributed by atoms with Gasteiger partial charge in [-0.2, -0.15) is 0 Å². The number of carbonyl (C=O) groups excluding carboxylic acids is 1. The molecule has 1 rings (SSSR count). The monoisotopic (exact) mass is 365 g/mol. The lowest BCUT2D eigenvalue weighted by atomic mass is 10.3. The SMILES string of the molecule is COCCNCCNS(=O)(=O)c1cc(Cl)ccc1OCC(N)=O. The molecule has 0 radical (unpaired) electrons. The Bertz CT molecular complexity index is 624. The summed E-state index contributed by atoms with van der Waals surface area (Å²) in [7, 11) is -2.26. The summed E-state index contributed by atoms with van der Waals surface area (Å²) in [4.78, 5) is 10.6. The normalized spacial score (nSPS) is 11.4. The zero-order chi connectivity index (χ0) is 17.3. The molecule has 130 valence electrons. The van der Waals surface area contributed by atoms with Crippen molar-refractivity contribution in [2.45, 2.75) is 4.90 Å². The third-order valence-corrected chi connectivity index (χ3v) is 4.36. The molecule has 0 aliphatic carbocycles. The van der Waals surface area contributed by atoms with Crippen molar-refractivity contribution in [3.63, 3.8) is 0 Å². The maximum Gasteiger partial charge on any atom is 0.255 e. The van der Waals surface area contributed by atoms with Crippen molar-refractivity contribution in [1.29, 1.82) is 0 Å². The van der Waals surface area contributed by atoms with Crippen LogP contribution in [0.1, 0.15) is 0 Å². The lowest BCUT2D eigenvalue weighted by Gasteiger charge is -2.12. The van der Waals surface area contributed by atoms with Gasteiger partial charge in [-0.15, -0.1) is 0 Å². The number of methoxy groups -OCH3 is 1. The Morgan fingerprint density at radius 1 is 1.30 bits per heavy atom. The number of halogens is 1. The summed E-state index contributed by atoms with van der Waals surface area (Å²) < 4.78 is 37.0. The second kappa shape index (κ2) is 9.68. The van der Waals surface area contributed by atoms with Gasteiger partial charge in [0, 0.05) is 31.8 Å². The van der Waals surface area contributed by atoms with E-state index >= 15 is 0 Å². The quantitative estimate of drug-likeness (QED) is 0.464. The number of ether oxygens (including phenoxy) is 2. The van der Waals surface area contributed by atoms with E-state index in [0.29, 0.717) is 19.7 Å². The van der Waals surface area contributed by atoms with Crippen LogP contribution >= 0.6 is 11.6 Å². The Hall–Kier alpha value is -1.39. The molecule has 0 aliphatic rings. The molecule has 1 aromatic carbocycles. The van der Waals surface area contributed by atoms with E-state index in [0.717, 1.165) is 0 Å². The molecule has 0 fully saturated rings. The first-order valence-corrected chi connectivity index (χ1v) is 8.63. The first-order chi connectivity index (χ1) is 10.9. The van der Waals surface area contributed by atoms with Crippen molar-refractivity contribution in [1.82, 2.24) is 10.0 Å². The summed E-state index contributed by atoms with van der Waals surface area (Å²) in [6, 6.07) is 4.08. The van der Waals surface area contributed by atoms with Gasteiger partial charge >= 0.3 is 0 Å². The largest absolute Gasteiger partial charge is 0.482 e. The minimum atomic E-state index is -3.84. The van der Waals surface area contributed by atoms with E-state index in [2.05, 4.69) is 10.0 Å². The molecule has 1 amide bonds. The van der Waals surface area contributed by atoms with E-state index < -0.39 is 22.5 Å². The highest BCUT2D eigenvalue weighted by atomic mass is 35.5. The van der Waals surface area contributed by atoms with Crippen molar-refractivity contribution >= 4 is 27.5 Å². The second-order valence-electron chi connectivity index (χ2n) is 4.49. The highest BCUT2D eigenvalue weighted by molar-refractivity contribution is 7.89. The number of rotatable bonds is 11. The van der Waals surface area contributed by atoms with Gasteiger partial charge in [0.25, 0.3) is 5.91 Å². The average Bonchev–Trinajstić information content (AvgIpc) is 2.49. The fourth-order valence-corrected chi connectivity index (χ4v) is 3.05. The number of carbonyl (C=O) groups is 1. The van der Waals surface area contributed by atoms with Crippen LogP contribution in [0.25, 0.3) is 0 Å². The highest BCUT2D eigenvalue weighted by Gasteiger charge is 2.20. The van der Waals surface area contributed by atoms with Crippen LogP contribution in [0.3, 0.4) is 0 Å². The van der Waals surface area contributed by atoms with Crippen LogP contribution < -0.4 is 20.5 Å². The minimum Gasteiger partial charge on any atom is -0.482 e. The maximum absolute atomic E-state index is 12.3. The summed E-state index contributed by atoms with van der Waals surface area (Å²) in [5.41, 5.74) is 4.99. The zero-order valence-electron chi connectivity index (χ0n) is 12.7. The zero-order valence-corrected chi connectivity index (χ0v) is 14.2. The second-order valence-corrected chi connectivity index (χ2v) is 6.66. The molecule has 0 atom stereocenters. The minimum absolute atomic E-state index is 0.00745. The summed E-state index contributed by atoms with van der Waals surface area (Å²) >= 11 is 5.84. The first kappa shape index (κ1) is 19.7. The van der Waals surface area contributed by atoms with Gasteiger partial charge in [0.15, 0.2) is 6.61 Å². The van der Waals surface area contributed by atoms with E-state index in [9.17, 15) is 13.2 Å². The van der Waals surface area contributed by atoms with Crippen LogP contribution in [0.4, 0.5) is 0 Å². The molecule has 23 heavy (non-hydrogen) atoms. The van der Waals surface area contributed by atoms with Crippen molar-refractivity contribution in [2.24, 2.45) is 5.73 Å². The van der Waals surface area contributed by atoms with E-state index in [4.69, 9.17) is 26.8 Å². The topological polar surface area (TPSA) is 120 Å². The van der Waals surface area contributed by atoms with Crippen molar-refractivity contribution in [3.8, 4) is 5.75 Å². The number of primary amides is 1. The van der Waals surface area contributed by atoms with Gasteiger partial charge in [-0.1, -0.05) is 11.6 Å².